The topological polar surface area (TPSA) is 57.3 Å². The van der Waals surface area contributed by atoms with E-state index in [1.165, 1.54) is 25.8 Å². The second-order valence-electron chi connectivity index (χ2n) is 5.36. The number of nitrogens with one attached hydrogen (secondary N) is 2. The summed E-state index contributed by atoms with van der Waals surface area (Å²) in [7, 11) is 1.62. The molecule has 5 nitrogen and oxygen atoms in total. The SMILES string of the molecule is CNC(=O)c1cc(NC2CCN(C3CC3)C2)ccn1. The van der Waals surface area contributed by atoms with E-state index in [0.717, 1.165) is 18.3 Å². The van der Waals surface area contributed by atoms with Crippen LogP contribution in [0, 0.1) is 0 Å². The van der Waals surface area contributed by atoms with Crippen molar-refractivity contribution in [3.05, 3.63) is 24.0 Å². The molecule has 1 aromatic rings. The highest BCUT2D eigenvalue weighted by Crippen LogP contribution is 2.30. The minimum absolute atomic E-state index is 0.144. The number of aromatic nitrogens is 1. The van der Waals surface area contributed by atoms with Gasteiger partial charge in [-0.15, -0.1) is 0 Å². The molecule has 1 aromatic heterocycles. The van der Waals surface area contributed by atoms with Crippen molar-refractivity contribution in [2.24, 2.45) is 0 Å². The summed E-state index contributed by atoms with van der Waals surface area (Å²) in [6, 6.07) is 5.07. The van der Waals surface area contributed by atoms with Crippen LogP contribution >= 0.6 is 0 Å². The van der Waals surface area contributed by atoms with Gasteiger partial charge in [0.1, 0.15) is 5.69 Å². The summed E-state index contributed by atoms with van der Waals surface area (Å²) < 4.78 is 0. The summed E-state index contributed by atoms with van der Waals surface area (Å²) in [5, 5.41) is 6.11. The monoisotopic (exact) mass is 260 g/mol. The number of anilines is 1. The average Bonchev–Trinajstić information content (AvgIpc) is 3.19. The van der Waals surface area contributed by atoms with Crippen molar-refractivity contribution in [3.8, 4) is 0 Å². The normalized spacial score (nSPS) is 23.3. The number of rotatable bonds is 4. The number of hydrogen-bond donors (Lipinski definition) is 2. The highest BCUT2D eigenvalue weighted by molar-refractivity contribution is 5.92. The highest BCUT2D eigenvalue weighted by Gasteiger charge is 2.34. The van der Waals surface area contributed by atoms with Gasteiger partial charge in [-0.3, -0.25) is 14.7 Å². The molecule has 2 heterocycles. The first-order valence-corrected chi connectivity index (χ1v) is 6.95. The van der Waals surface area contributed by atoms with E-state index in [0.29, 0.717) is 11.7 Å². The molecule has 1 saturated heterocycles. The Morgan fingerprint density at radius 2 is 2.26 bits per heavy atom. The summed E-state index contributed by atoms with van der Waals surface area (Å²) in [6.07, 6.45) is 5.58. The zero-order chi connectivity index (χ0) is 13.2. The lowest BCUT2D eigenvalue weighted by Gasteiger charge is -2.16. The van der Waals surface area contributed by atoms with Crippen LogP contribution in [0.4, 0.5) is 5.69 Å². The van der Waals surface area contributed by atoms with Crippen LogP contribution in [0.1, 0.15) is 29.8 Å². The summed E-state index contributed by atoms with van der Waals surface area (Å²) in [6.45, 7) is 2.30. The van der Waals surface area contributed by atoms with E-state index in [2.05, 4.69) is 20.5 Å². The Kier molecular flexibility index (Phi) is 3.38. The van der Waals surface area contributed by atoms with Crippen LogP contribution in [-0.4, -0.2) is 48.0 Å². The Morgan fingerprint density at radius 1 is 1.42 bits per heavy atom. The Morgan fingerprint density at radius 3 is 3.00 bits per heavy atom. The summed E-state index contributed by atoms with van der Waals surface area (Å²) in [5.74, 6) is -0.144. The number of likely N-dealkylation sites (tertiary alicyclic amines) is 1. The Labute approximate surface area is 113 Å². The molecule has 1 unspecified atom stereocenters. The number of carbonyl (C=O) groups excluding carboxylic acids is 1. The van der Waals surface area contributed by atoms with E-state index in [4.69, 9.17) is 0 Å². The van der Waals surface area contributed by atoms with Gasteiger partial charge in [0, 0.05) is 44.1 Å². The van der Waals surface area contributed by atoms with Crippen molar-refractivity contribution in [3.63, 3.8) is 0 Å². The molecular weight excluding hydrogens is 240 g/mol. The first-order chi connectivity index (χ1) is 9.26. The molecule has 1 aliphatic carbocycles. The smallest absolute Gasteiger partial charge is 0.269 e. The van der Waals surface area contributed by atoms with E-state index >= 15 is 0 Å². The second-order valence-corrected chi connectivity index (χ2v) is 5.36. The Hall–Kier alpha value is -1.62. The van der Waals surface area contributed by atoms with Gasteiger partial charge in [0.15, 0.2) is 0 Å². The molecule has 0 bridgehead atoms. The van der Waals surface area contributed by atoms with E-state index in [1.807, 2.05) is 12.1 Å². The molecule has 1 aliphatic heterocycles. The van der Waals surface area contributed by atoms with Crippen molar-refractivity contribution >= 4 is 11.6 Å². The predicted octanol–water partition coefficient (Wildman–Crippen LogP) is 1.09. The van der Waals surface area contributed by atoms with Crippen molar-refractivity contribution in [2.75, 3.05) is 25.5 Å². The number of carbonyl (C=O) groups is 1. The lowest BCUT2D eigenvalue weighted by Crippen LogP contribution is -2.28. The maximum atomic E-state index is 11.5. The maximum Gasteiger partial charge on any atom is 0.269 e. The van der Waals surface area contributed by atoms with Gasteiger partial charge in [-0.1, -0.05) is 0 Å². The molecule has 2 N–H and O–H groups in total. The molecule has 5 heteroatoms. The molecular formula is C14H20N4O. The van der Waals surface area contributed by atoms with Gasteiger partial charge in [0.2, 0.25) is 0 Å². The van der Waals surface area contributed by atoms with Crippen LogP contribution in [0.3, 0.4) is 0 Å². The van der Waals surface area contributed by atoms with Crippen molar-refractivity contribution < 1.29 is 4.79 Å². The van der Waals surface area contributed by atoms with Crippen LogP contribution < -0.4 is 10.6 Å². The van der Waals surface area contributed by atoms with Gasteiger partial charge in [-0.25, -0.2) is 0 Å². The van der Waals surface area contributed by atoms with Crippen LogP contribution in [-0.2, 0) is 0 Å². The van der Waals surface area contributed by atoms with Crippen molar-refractivity contribution in [1.82, 2.24) is 15.2 Å². The Balaban J connectivity index is 1.61. The molecule has 1 saturated carbocycles. The van der Waals surface area contributed by atoms with E-state index in [-0.39, 0.29) is 5.91 Å². The van der Waals surface area contributed by atoms with Crippen LogP contribution in [0.15, 0.2) is 18.3 Å². The quantitative estimate of drug-likeness (QED) is 0.851. The number of nitrogens with zero attached hydrogens (tertiary/aromatic N) is 2. The standard InChI is InChI=1S/C14H20N4O/c1-15-14(19)13-8-10(4-6-16-13)17-11-5-7-18(9-11)12-2-3-12/h4,6,8,11-12H,2-3,5,7,9H2,1H3,(H,15,19)(H,16,17). The predicted molar refractivity (Wildman–Crippen MR) is 74.2 cm³/mol. The van der Waals surface area contributed by atoms with E-state index in [1.54, 1.807) is 13.2 Å². The summed E-state index contributed by atoms with van der Waals surface area (Å²) in [4.78, 5) is 18.2. The third kappa shape index (κ3) is 2.87. The average molecular weight is 260 g/mol. The lowest BCUT2D eigenvalue weighted by molar-refractivity contribution is 0.0958. The van der Waals surface area contributed by atoms with Gasteiger partial charge in [-0.2, -0.15) is 0 Å². The largest absolute Gasteiger partial charge is 0.381 e. The number of amides is 1. The van der Waals surface area contributed by atoms with Gasteiger partial charge in [-0.05, 0) is 31.4 Å². The number of hydrogen-bond acceptors (Lipinski definition) is 4. The van der Waals surface area contributed by atoms with E-state index in [9.17, 15) is 4.79 Å². The fourth-order valence-electron chi connectivity index (χ4n) is 2.68. The van der Waals surface area contributed by atoms with Crippen molar-refractivity contribution in [1.29, 1.82) is 0 Å². The third-order valence-corrected chi connectivity index (χ3v) is 3.87. The van der Waals surface area contributed by atoms with E-state index < -0.39 is 0 Å². The van der Waals surface area contributed by atoms with Gasteiger partial charge in [0.05, 0.1) is 0 Å². The van der Waals surface area contributed by atoms with Crippen LogP contribution in [0.25, 0.3) is 0 Å². The third-order valence-electron chi connectivity index (χ3n) is 3.87. The first-order valence-electron chi connectivity index (χ1n) is 6.95. The summed E-state index contributed by atoms with van der Waals surface area (Å²) >= 11 is 0. The highest BCUT2D eigenvalue weighted by atomic mass is 16.1. The zero-order valence-corrected chi connectivity index (χ0v) is 11.2. The maximum absolute atomic E-state index is 11.5. The molecule has 2 fully saturated rings. The van der Waals surface area contributed by atoms with Crippen LogP contribution in [0.2, 0.25) is 0 Å². The molecule has 0 radical (unpaired) electrons. The number of pyridine rings is 1. The first kappa shape index (κ1) is 12.4. The van der Waals surface area contributed by atoms with Gasteiger partial charge < -0.3 is 10.6 Å². The fourth-order valence-corrected chi connectivity index (χ4v) is 2.68. The lowest BCUT2D eigenvalue weighted by atomic mass is 10.2. The molecule has 102 valence electrons. The van der Waals surface area contributed by atoms with Gasteiger partial charge in [0.25, 0.3) is 5.91 Å². The Bertz CT molecular complexity index is 472. The minimum atomic E-state index is -0.144. The minimum Gasteiger partial charge on any atom is -0.381 e. The zero-order valence-electron chi connectivity index (χ0n) is 11.2. The molecule has 19 heavy (non-hydrogen) atoms. The second kappa shape index (κ2) is 5.17. The molecule has 0 spiro atoms. The van der Waals surface area contributed by atoms with Crippen molar-refractivity contribution in [2.45, 2.75) is 31.3 Å². The molecule has 1 atom stereocenters. The molecule has 0 aromatic carbocycles. The molecule has 1 amide bonds. The van der Waals surface area contributed by atoms with Crippen LogP contribution in [0.5, 0.6) is 0 Å². The fraction of sp³-hybridized carbons (Fsp3) is 0.571. The van der Waals surface area contributed by atoms with Gasteiger partial charge >= 0.3 is 0 Å². The molecule has 3 rings (SSSR count). The molecule has 2 aliphatic rings. The summed E-state index contributed by atoms with van der Waals surface area (Å²) in [5.41, 5.74) is 1.45.